The molecule has 5 nitrogen and oxygen atoms in total. The van der Waals surface area contributed by atoms with Crippen LogP contribution in [0.2, 0.25) is 5.02 Å². The van der Waals surface area contributed by atoms with Crippen molar-refractivity contribution in [2.24, 2.45) is 0 Å². The summed E-state index contributed by atoms with van der Waals surface area (Å²) in [5, 5.41) is 14.2. The molecule has 0 saturated heterocycles. The van der Waals surface area contributed by atoms with Crippen molar-refractivity contribution in [1.29, 1.82) is 0 Å². The topological polar surface area (TPSA) is 78.4 Å². The Morgan fingerprint density at radius 3 is 2.61 bits per heavy atom. The molecule has 0 fully saturated rings. The van der Waals surface area contributed by atoms with Gasteiger partial charge in [-0.25, -0.2) is 0 Å². The third kappa shape index (κ3) is 4.35. The zero-order valence-corrected chi connectivity index (χ0v) is 10.9. The van der Waals surface area contributed by atoms with Crippen LogP contribution in [0.5, 0.6) is 0 Å². The molecular weight excluding hydrogens is 256 g/mol. The number of aryl methyl sites for hydroxylation is 1. The molecule has 3 N–H and O–H groups in total. The highest BCUT2D eigenvalue weighted by Crippen LogP contribution is 2.19. The van der Waals surface area contributed by atoms with Crippen molar-refractivity contribution < 1.29 is 14.7 Å². The summed E-state index contributed by atoms with van der Waals surface area (Å²) in [6, 6.07) is 4.96. The summed E-state index contributed by atoms with van der Waals surface area (Å²) < 4.78 is 0. The molecule has 0 spiro atoms. The Bertz CT molecular complexity index is 461. The van der Waals surface area contributed by atoms with E-state index in [0.717, 1.165) is 5.56 Å². The zero-order valence-electron chi connectivity index (χ0n) is 10.2. The second-order valence-electron chi connectivity index (χ2n) is 3.98. The molecule has 0 unspecified atom stereocenters. The highest BCUT2D eigenvalue weighted by molar-refractivity contribution is 6.39. The van der Waals surface area contributed by atoms with Crippen LogP contribution in [0.4, 0.5) is 5.69 Å². The molecule has 0 aliphatic rings. The van der Waals surface area contributed by atoms with Crippen molar-refractivity contribution >= 4 is 29.1 Å². The number of carbonyl (C=O) groups excluding carboxylic acids is 2. The lowest BCUT2D eigenvalue weighted by Gasteiger charge is -2.08. The minimum Gasteiger partial charge on any atom is -0.392 e. The number of aliphatic hydroxyl groups excluding tert-OH is 1. The van der Waals surface area contributed by atoms with E-state index in [4.69, 9.17) is 16.7 Å². The lowest BCUT2D eigenvalue weighted by Crippen LogP contribution is -2.38. The number of rotatable bonds is 3. The van der Waals surface area contributed by atoms with E-state index in [9.17, 15) is 9.59 Å². The van der Waals surface area contributed by atoms with Crippen molar-refractivity contribution in [3.8, 4) is 0 Å². The van der Waals surface area contributed by atoms with Gasteiger partial charge in [-0.2, -0.15) is 0 Å². The van der Waals surface area contributed by atoms with Crippen molar-refractivity contribution in [2.75, 3.05) is 11.9 Å². The maximum absolute atomic E-state index is 11.5. The molecule has 0 aliphatic carbocycles. The molecule has 1 rings (SSSR count). The van der Waals surface area contributed by atoms with E-state index in [1.165, 1.54) is 6.92 Å². The molecule has 0 bridgehead atoms. The maximum Gasteiger partial charge on any atom is 0.313 e. The van der Waals surface area contributed by atoms with Crippen molar-refractivity contribution in [1.82, 2.24) is 5.32 Å². The fourth-order valence-electron chi connectivity index (χ4n) is 1.18. The fraction of sp³-hybridized carbons (Fsp3) is 0.333. The van der Waals surface area contributed by atoms with E-state index in [2.05, 4.69) is 10.6 Å². The van der Waals surface area contributed by atoms with Gasteiger partial charge < -0.3 is 15.7 Å². The van der Waals surface area contributed by atoms with Crippen LogP contribution in [-0.4, -0.2) is 29.6 Å². The smallest absolute Gasteiger partial charge is 0.313 e. The average Bonchev–Trinajstić information content (AvgIpc) is 2.30. The molecular formula is C12H15ClN2O3. The summed E-state index contributed by atoms with van der Waals surface area (Å²) in [6.45, 7) is 3.38. The molecule has 1 aromatic carbocycles. The second-order valence-corrected chi connectivity index (χ2v) is 4.38. The van der Waals surface area contributed by atoms with Gasteiger partial charge in [-0.15, -0.1) is 0 Å². The summed E-state index contributed by atoms with van der Waals surface area (Å²) in [5.74, 6) is -1.59. The molecule has 0 saturated carbocycles. The Hall–Kier alpha value is -1.59. The third-order valence-corrected chi connectivity index (χ3v) is 2.60. The van der Waals surface area contributed by atoms with Crippen LogP contribution in [0.15, 0.2) is 18.2 Å². The Balaban J connectivity index is 2.58. The quantitative estimate of drug-likeness (QED) is 0.720. The first-order chi connectivity index (χ1) is 8.40. The summed E-state index contributed by atoms with van der Waals surface area (Å²) in [5.41, 5.74) is 1.33. The summed E-state index contributed by atoms with van der Waals surface area (Å²) in [7, 11) is 0. The predicted octanol–water partition coefficient (Wildman–Crippen LogP) is 1.08. The van der Waals surface area contributed by atoms with Crippen molar-refractivity contribution in [3.05, 3.63) is 28.8 Å². The van der Waals surface area contributed by atoms with Gasteiger partial charge >= 0.3 is 11.8 Å². The minimum absolute atomic E-state index is 0.0287. The average molecular weight is 271 g/mol. The summed E-state index contributed by atoms with van der Waals surface area (Å²) >= 11 is 5.89. The normalized spacial score (nSPS) is 11.8. The lowest BCUT2D eigenvalue weighted by atomic mass is 10.2. The maximum atomic E-state index is 11.5. The molecule has 1 aromatic rings. The van der Waals surface area contributed by atoms with Gasteiger partial charge in [0.1, 0.15) is 0 Å². The highest BCUT2D eigenvalue weighted by Gasteiger charge is 2.14. The number of hydrogen-bond acceptors (Lipinski definition) is 3. The van der Waals surface area contributed by atoms with E-state index in [-0.39, 0.29) is 6.54 Å². The van der Waals surface area contributed by atoms with Crippen LogP contribution in [-0.2, 0) is 9.59 Å². The summed E-state index contributed by atoms with van der Waals surface area (Å²) in [6.07, 6.45) is -0.699. The molecule has 18 heavy (non-hydrogen) atoms. The second kappa shape index (κ2) is 6.37. The zero-order chi connectivity index (χ0) is 13.7. The molecule has 1 atom stereocenters. The van der Waals surface area contributed by atoms with Crippen molar-refractivity contribution in [2.45, 2.75) is 20.0 Å². The minimum atomic E-state index is -0.799. The Kier molecular flexibility index (Phi) is 5.12. The van der Waals surface area contributed by atoms with Gasteiger partial charge in [-0.1, -0.05) is 17.7 Å². The third-order valence-electron chi connectivity index (χ3n) is 2.19. The Morgan fingerprint density at radius 2 is 2.06 bits per heavy atom. The van der Waals surface area contributed by atoms with Crippen LogP contribution in [0.3, 0.4) is 0 Å². The van der Waals surface area contributed by atoms with Gasteiger partial charge in [-0.3, -0.25) is 9.59 Å². The number of nitrogens with one attached hydrogen (secondary N) is 2. The highest BCUT2D eigenvalue weighted by atomic mass is 35.5. The van der Waals surface area contributed by atoms with Gasteiger partial charge in [0.15, 0.2) is 0 Å². The van der Waals surface area contributed by atoms with E-state index < -0.39 is 17.9 Å². The first-order valence-corrected chi connectivity index (χ1v) is 5.81. The molecule has 0 radical (unpaired) electrons. The van der Waals surface area contributed by atoms with Gasteiger partial charge in [0, 0.05) is 17.3 Å². The van der Waals surface area contributed by atoms with E-state index in [1.807, 2.05) is 6.92 Å². The van der Waals surface area contributed by atoms with Gasteiger partial charge in [0.25, 0.3) is 0 Å². The predicted molar refractivity (Wildman–Crippen MR) is 69.5 cm³/mol. The standard InChI is InChI=1S/C12H15ClN2O3/c1-7-3-4-9(5-10(7)13)15-12(18)11(17)14-6-8(2)16/h3-5,8,16H,6H2,1-2H3,(H,14,17)(H,15,18)/t8-/m0/s1. The van der Waals surface area contributed by atoms with Crippen LogP contribution >= 0.6 is 11.6 Å². The van der Waals surface area contributed by atoms with Gasteiger partial charge in [0.2, 0.25) is 0 Å². The Labute approximate surface area is 110 Å². The summed E-state index contributed by atoms with van der Waals surface area (Å²) in [4.78, 5) is 22.8. The molecule has 0 aromatic heterocycles. The molecule has 6 heteroatoms. The van der Waals surface area contributed by atoms with Crippen LogP contribution in [0.25, 0.3) is 0 Å². The van der Waals surface area contributed by atoms with Crippen LogP contribution in [0.1, 0.15) is 12.5 Å². The van der Waals surface area contributed by atoms with Gasteiger partial charge in [-0.05, 0) is 31.5 Å². The largest absolute Gasteiger partial charge is 0.392 e. The van der Waals surface area contributed by atoms with E-state index in [1.54, 1.807) is 18.2 Å². The van der Waals surface area contributed by atoms with Crippen molar-refractivity contribution in [3.63, 3.8) is 0 Å². The SMILES string of the molecule is Cc1ccc(NC(=O)C(=O)NC[C@H](C)O)cc1Cl. The monoisotopic (exact) mass is 270 g/mol. The van der Waals surface area contributed by atoms with Gasteiger partial charge in [0.05, 0.1) is 6.10 Å². The molecule has 2 amide bonds. The number of hydrogen-bond donors (Lipinski definition) is 3. The number of carbonyl (C=O) groups is 2. The van der Waals surface area contributed by atoms with E-state index in [0.29, 0.717) is 10.7 Å². The van der Waals surface area contributed by atoms with Crippen LogP contribution in [0, 0.1) is 6.92 Å². The number of halogens is 1. The molecule has 0 heterocycles. The number of benzene rings is 1. The fourth-order valence-corrected chi connectivity index (χ4v) is 1.36. The lowest BCUT2D eigenvalue weighted by molar-refractivity contribution is -0.136. The number of anilines is 1. The number of amides is 2. The first kappa shape index (κ1) is 14.5. The Morgan fingerprint density at radius 1 is 1.39 bits per heavy atom. The molecule has 98 valence electrons. The van der Waals surface area contributed by atoms with Crippen LogP contribution < -0.4 is 10.6 Å². The van der Waals surface area contributed by atoms with E-state index >= 15 is 0 Å². The first-order valence-electron chi connectivity index (χ1n) is 5.43. The molecule has 0 aliphatic heterocycles. The number of aliphatic hydroxyl groups is 1.